The summed E-state index contributed by atoms with van der Waals surface area (Å²) >= 11 is 0. The fourth-order valence-electron chi connectivity index (χ4n) is 3.20. The minimum atomic E-state index is -2.53. The van der Waals surface area contributed by atoms with Gasteiger partial charge in [-0.15, -0.1) is 0 Å². The van der Waals surface area contributed by atoms with Crippen molar-refractivity contribution in [1.82, 2.24) is 0 Å². The zero-order chi connectivity index (χ0) is 20.2. The highest BCUT2D eigenvalue weighted by atomic mass is 19.1. The first-order valence-corrected chi connectivity index (χ1v) is 7.76. The van der Waals surface area contributed by atoms with Gasteiger partial charge in [0.1, 0.15) is 24.0 Å². The lowest BCUT2D eigenvalue weighted by Crippen LogP contribution is -2.31. The second-order valence-corrected chi connectivity index (χ2v) is 6.09. The maximum atomic E-state index is 14.6. The van der Waals surface area contributed by atoms with Crippen LogP contribution in [0.5, 0.6) is 0 Å². The number of aryl methyl sites for hydroxylation is 3. The summed E-state index contributed by atoms with van der Waals surface area (Å²) in [6.07, 6.45) is 1.30. The molecule has 0 saturated heterocycles. The van der Waals surface area contributed by atoms with Crippen molar-refractivity contribution in [3.8, 4) is 17.3 Å². The van der Waals surface area contributed by atoms with Crippen molar-refractivity contribution in [2.24, 2.45) is 7.05 Å². The van der Waals surface area contributed by atoms with Crippen molar-refractivity contribution in [2.75, 3.05) is 0 Å². The van der Waals surface area contributed by atoms with Crippen molar-refractivity contribution < 1.29 is 17.5 Å². The highest BCUT2D eigenvalue weighted by Gasteiger charge is 2.22. The van der Waals surface area contributed by atoms with E-state index in [1.54, 1.807) is 29.8 Å². The molecule has 0 spiro atoms. The van der Waals surface area contributed by atoms with Gasteiger partial charge in [0.2, 0.25) is 5.69 Å². The van der Waals surface area contributed by atoms with Gasteiger partial charge in [-0.2, -0.15) is 5.26 Å². The van der Waals surface area contributed by atoms with Gasteiger partial charge in [0.25, 0.3) is 0 Å². The lowest BCUT2D eigenvalue weighted by Gasteiger charge is -2.06. The second-order valence-electron chi connectivity index (χ2n) is 6.09. The Morgan fingerprint density at radius 3 is 2.76 bits per heavy atom. The molecule has 0 fully saturated rings. The molecule has 0 N–H and O–H groups in total. The molecule has 122 valence electrons. The Balaban J connectivity index is 2.06. The summed E-state index contributed by atoms with van der Waals surface area (Å²) in [7, 11) is 1.68. The monoisotopic (exact) mass is 334 g/mol. The van der Waals surface area contributed by atoms with Crippen LogP contribution in [0.15, 0.2) is 47.0 Å². The summed E-state index contributed by atoms with van der Waals surface area (Å²) in [6, 6.07) is 12.4. The zero-order valence-electron chi connectivity index (χ0n) is 16.7. The maximum absolute atomic E-state index is 14.6. The minimum absolute atomic E-state index is 0.327. The number of hydrogen-bond donors (Lipinski definition) is 0. The number of pyridine rings is 1. The molecule has 0 aliphatic carbocycles. The Morgan fingerprint density at radius 2 is 2.00 bits per heavy atom. The molecule has 0 saturated carbocycles. The SMILES string of the molecule is [2H]C([2H])([2H])c1c[n+](C)c(-c2c(C)ccc3c2oc2ccc(C#N)cc23)cc1F. The van der Waals surface area contributed by atoms with Crippen LogP contribution >= 0.6 is 0 Å². The topological polar surface area (TPSA) is 40.8 Å². The quantitative estimate of drug-likeness (QED) is 0.473. The van der Waals surface area contributed by atoms with Gasteiger partial charge in [0, 0.05) is 26.5 Å². The normalized spacial score (nSPS) is 13.4. The third-order valence-corrected chi connectivity index (χ3v) is 4.46. The molecule has 0 radical (unpaired) electrons. The summed E-state index contributed by atoms with van der Waals surface area (Å²) in [5.74, 6) is -0.785. The van der Waals surface area contributed by atoms with Crippen molar-refractivity contribution in [1.29, 1.82) is 5.26 Å². The van der Waals surface area contributed by atoms with Gasteiger partial charge in [-0.05, 0) is 37.5 Å². The Labute approximate surface area is 148 Å². The van der Waals surface area contributed by atoms with Crippen LogP contribution in [0.2, 0.25) is 0 Å². The van der Waals surface area contributed by atoms with Gasteiger partial charge in [-0.1, -0.05) is 12.1 Å². The maximum Gasteiger partial charge on any atom is 0.219 e. The third-order valence-electron chi connectivity index (χ3n) is 4.46. The van der Waals surface area contributed by atoms with E-state index in [-0.39, 0.29) is 5.56 Å². The van der Waals surface area contributed by atoms with Gasteiger partial charge < -0.3 is 4.42 Å². The fraction of sp³-hybridized carbons (Fsp3) is 0.143. The number of benzene rings is 2. The summed E-state index contributed by atoms with van der Waals surface area (Å²) in [4.78, 5) is 0. The molecular formula is C21H16FN2O+. The Bertz CT molecular complexity index is 1300. The van der Waals surface area contributed by atoms with Gasteiger partial charge >= 0.3 is 0 Å². The van der Waals surface area contributed by atoms with E-state index in [9.17, 15) is 9.65 Å². The first-order valence-electron chi connectivity index (χ1n) is 9.26. The third kappa shape index (κ3) is 2.28. The van der Waals surface area contributed by atoms with E-state index in [0.717, 1.165) is 16.3 Å². The van der Waals surface area contributed by atoms with Crippen LogP contribution in [0.25, 0.3) is 33.2 Å². The highest BCUT2D eigenvalue weighted by Crippen LogP contribution is 2.37. The Hall–Kier alpha value is -3.19. The van der Waals surface area contributed by atoms with E-state index in [1.807, 2.05) is 19.1 Å². The molecule has 0 unspecified atom stereocenters. The number of nitrogens with zero attached hydrogens (tertiary/aromatic N) is 2. The zero-order valence-corrected chi connectivity index (χ0v) is 13.7. The first kappa shape index (κ1) is 12.2. The van der Waals surface area contributed by atoms with Crippen LogP contribution in [-0.4, -0.2) is 0 Å². The lowest BCUT2D eigenvalue weighted by molar-refractivity contribution is -0.661. The fourth-order valence-corrected chi connectivity index (χ4v) is 3.20. The van der Waals surface area contributed by atoms with Gasteiger partial charge in [0.15, 0.2) is 6.20 Å². The standard InChI is InChI=1S/C21H16FN2O/c1-12-4-6-15-16-8-14(10-23)5-7-19(16)25-21(15)20(12)18-9-17(22)13(2)11-24(18)3/h4-9,11H,1-3H3/q+1/i2D3. The molecule has 0 atom stereocenters. The van der Waals surface area contributed by atoms with Gasteiger partial charge in [-0.25, -0.2) is 8.96 Å². The number of hydrogen-bond acceptors (Lipinski definition) is 2. The van der Waals surface area contributed by atoms with E-state index >= 15 is 0 Å². The average molecular weight is 334 g/mol. The van der Waals surface area contributed by atoms with Crippen molar-refractivity contribution in [3.05, 3.63) is 65.1 Å². The number of fused-ring (bicyclic) bond motifs is 3. The van der Waals surface area contributed by atoms with Crippen LogP contribution in [-0.2, 0) is 7.05 Å². The molecule has 3 nitrogen and oxygen atoms in total. The number of rotatable bonds is 1. The predicted octanol–water partition coefficient (Wildman–Crippen LogP) is 4.71. The van der Waals surface area contributed by atoms with Gasteiger partial charge in [0.05, 0.1) is 17.2 Å². The van der Waals surface area contributed by atoms with E-state index in [4.69, 9.17) is 8.53 Å². The molecule has 0 aliphatic heterocycles. The van der Waals surface area contributed by atoms with Gasteiger partial charge in [-0.3, -0.25) is 0 Å². The highest BCUT2D eigenvalue weighted by molar-refractivity contribution is 6.10. The molecule has 0 amide bonds. The van der Waals surface area contributed by atoms with Crippen molar-refractivity contribution in [2.45, 2.75) is 13.8 Å². The lowest BCUT2D eigenvalue weighted by atomic mass is 10.00. The first-order chi connectivity index (χ1) is 13.2. The summed E-state index contributed by atoms with van der Waals surface area (Å²) in [5, 5.41) is 10.8. The minimum Gasteiger partial charge on any atom is -0.455 e. The summed E-state index contributed by atoms with van der Waals surface area (Å²) in [5.41, 5.74) is 3.45. The van der Waals surface area contributed by atoms with E-state index in [1.165, 1.54) is 12.3 Å². The van der Waals surface area contributed by atoms with E-state index in [0.29, 0.717) is 28.0 Å². The molecule has 2 aromatic carbocycles. The number of halogens is 1. The molecule has 0 bridgehead atoms. The Morgan fingerprint density at radius 1 is 1.16 bits per heavy atom. The van der Waals surface area contributed by atoms with Crippen molar-refractivity contribution >= 4 is 21.9 Å². The number of aromatic nitrogens is 1. The van der Waals surface area contributed by atoms with Crippen LogP contribution in [0, 0.1) is 30.9 Å². The second kappa shape index (κ2) is 5.42. The van der Waals surface area contributed by atoms with Crippen molar-refractivity contribution in [3.63, 3.8) is 0 Å². The Kier molecular flexibility index (Phi) is 2.65. The molecule has 2 aromatic heterocycles. The number of furan rings is 1. The molecule has 4 aromatic rings. The summed E-state index contributed by atoms with van der Waals surface area (Å²) in [6.45, 7) is -0.646. The van der Waals surface area contributed by atoms with Crippen LogP contribution in [0.4, 0.5) is 4.39 Å². The van der Waals surface area contributed by atoms with Crippen LogP contribution < -0.4 is 4.57 Å². The van der Waals surface area contributed by atoms with E-state index in [2.05, 4.69) is 6.07 Å². The molecule has 0 aliphatic rings. The van der Waals surface area contributed by atoms with Crippen LogP contribution in [0.1, 0.15) is 20.8 Å². The van der Waals surface area contributed by atoms with Crippen LogP contribution in [0.3, 0.4) is 0 Å². The smallest absolute Gasteiger partial charge is 0.219 e. The molecule has 4 heteroatoms. The predicted molar refractivity (Wildman–Crippen MR) is 94.5 cm³/mol. The molecule has 25 heavy (non-hydrogen) atoms. The number of nitriles is 1. The molecule has 2 heterocycles. The average Bonchev–Trinajstić information content (AvgIpc) is 3.00. The molecule has 4 rings (SSSR count). The largest absolute Gasteiger partial charge is 0.455 e. The van der Waals surface area contributed by atoms with E-state index < -0.39 is 12.7 Å². The summed E-state index contributed by atoms with van der Waals surface area (Å²) < 4.78 is 44.8. The molecular weight excluding hydrogens is 315 g/mol.